The van der Waals surface area contributed by atoms with E-state index >= 15 is 0 Å². The van der Waals surface area contributed by atoms with Gasteiger partial charge in [0.25, 0.3) is 11.8 Å². The first-order valence-corrected chi connectivity index (χ1v) is 7.84. The van der Waals surface area contributed by atoms with Gasteiger partial charge < -0.3 is 20.3 Å². The number of carbonyl (C=O) groups is 2. The summed E-state index contributed by atoms with van der Waals surface area (Å²) < 4.78 is 5.82. The summed E-state index contributed by atoms with van der Waals surface area (Å²) in [6, 6.07) is 3.44. The van der Waals surface area contributed by atoms with Crippen LogP contribution in [-0.2, 0) is 0 Å². The predicted octanol–water partition coefficient (Wildman–Crippen LogP) is 1.22. The van der Waals surface area contributed by atoms with Crippen molar-refractivity contribution in [1.29, 1.82) is 0 Å². The standard InChI is InChI=1S/C17H25N3O3/c1-10-11(2)23-15-13(10)8-12(9-14(15)17(22)18-3)16(21)19-6-7-20(4)5/h8-11H,6-7H2,1-5H3,(H,18,22)(H,19,21)/t10-,11-/m1/s1. The van der Waals surface area contributed by atoms with E-state index in [1.807, 2.05) is 38.9 Å². The van der Waals surface area contributed by atoms with Crippen LogP contribution < -0.4 is 15.4 Å². The van der Waals surface area contributed by atoms with E-state index in [-0.39, 0.29) is 23.8 Å². The maximum absolute atomic E-state index is 12.4. The van der Waals surface area contributed by atoms with Gasteiger partial charge in [-0.25, -0.2) is 0 Å². The second-order valence-electron chi connectivity index (χ2n) is 6.19. The normalized spacial score (nSPS) is 19.2. The van der Waals surface area contributed by atoms with Crippen molar-refractivity contribution in [1.82, 2.24) is 15.5 Å². The Bertz CT molecular complexity index is 613. The Morgan fingerprint density at radius 2 is 1.91 bits per heavy atom. The van der Waals surface area contributed by atoms with Gasteiger partial charge in [0, 0.05) is 37.2 Å². The molecule has 6 heteroatoms. The lowest BCUT2D eigenvalue weighted by Gasteiger charge is -2.13. The average Bonchev–Trinajstić information content (AvgIpc) is 2.80. The summed E-state index contributed by atoms with van der Waals surface area (Å²) in [4.78, 5) is 26.5. The van der Waals surface area contributed by atoms with Crippen LogP contribution in [0.3, 0.4) is 0 Å². The fourth-order valence-corrected chi connectivity index (χ4v) is 2.59. The first-order valence-electron chi connectivity index (χ1n) is 7.84. The first kappa shape index (κ1) is 17.3. The Kier molecular flexibility index (Phi) is 5.26. The molecule has 2 amide bonds. The van der Waals surface area contributed by atoms with Crippen LogP contribution in [0.2, 0.25) is 0 Å². The van der Waals surface area contributed by atoms with E-state index in [1.54, 1.807) is 13.1 Å². The molecule has 2 N–H and O–H groups in total. The zero-order valence-electron chi connectivity index (χ0n) is 14.4. The number of nitrogens with zero attached hydrogens (tertiary/aromatic N) is 1. The van der Waals surface area contributed by atoms with Crippen LogP contribution in [0.5, 0.6) is 5.75 Å². The molecule has 6 nitrogen and oxygen atoms in total. The largest absolute Gasteiger partial charge is 0.489 e. The molecule has 23 heavy (non-hydrogen) atoms. The summed E-state index contributed by atoms with van der Waals surface area (Å²) >= 11 is 0. The molecule has 0 unspecified atom stereocenters. The molecule has 1 heterocycles. The van der Waals surface area contributed by atoms with E-state index in [9.17, 15) is 9.59 Å². The van der Waals surface area contributed by atoms with Crippen molar-refractivity contribution >= 4 is 11.8 Å². The maximum Gasteiger partial charge on any atom is 0.254 e. The summed E-state index contributed by atoms with van der Waals surface area (Å²) in [6.07, 6.45) is -0.0135. The van der Waals surface area contributed by atoms with Gasteiger partial charge in [-0.2, -0.15) is 0 Å². The summed E-state index contributed by atoms with van der Waals surface area (Å²) in [5, 5.41) is 5.49. The Balaban J connectivity index is 2.31. The molecule has 0 saturated heterocycles. The van der Waals surface area contributed by atoms with Crippen LogP contribution in [0.25, 0.3) is 0 Å². The Morgan fingerprint density at radius 1 is 1.22 bits per heavy atom. The molecule has 0 radical (unpaired) electrons. The van der Waals surface area contributed by atoms with Crippen LogP contribution in [0.15, 0.2) is 12.1 Å². The molecule has 0 aliphatic carbocycles. The predicted molar refractivity (Wildman–Crippen MR) is 89.2 cm³/mol. The SMILES string of the molecule is CNC(=O)c1cc(C(=O)NCCN(C)C)cc2c1O[C@H](C)[C@H]2C. The van der Waals surface area contributed by atoms with Crippen LogP contribution >= 0.6 is 0 Å². The number of ether oxygens (including phenoxy) is 1. The maximum atomic E-state index is 12.4. The third-order valence-electron chi connectivity index (χ3n) is 4.19. The van der Waals surface area contributed by atoms with Crippen molar-refractivity contribution in [2.24, 2.45) is 0 Å². The minimum atomic E-state index is -0.245. The monoisotopic (exact) mass is 319 g/mol. The second-order valence-corrected chi connectivity index (χ2v) is 6.19. The van der Waals surface area contributed by atoms with Gasteiger partial charge in [0.1, 0.15) is 11.9 Å². The lowest BCUT2D eigenvalue weighted by atomic mass is 9.94. The highest BCUT2D eigenvalue weighted by Crippen LogP contribution is 2.41. The second kappa shape index (κ2) is 7.00. The molecular formula is C17H25N3O3. The van der Waals surface area contributed by atoms with E-state index in [4.69, 9.17) is 4.74 Å². The molecule has 0 fully saturated rings. The number of likely N-dealkylation sites (N-methyl/N-ethyl adjacent to an activating group) is 1. The molecule has 126 valence electrons. The highest BCUT2D eigenvalue weighted by molar-refractivity contribution is 6.02. The van der Waals surface area contributed by atoms with Crippen LogP contribution in [-0.4, -0.2) is 57.1 Å². The van der Waals surface area contributed by atoms with E-state index in [0.29, 0.717) is 23.4 Å². The van der Waals surface area contributed by atoms with Gasteiger partial charge in [-0.3, -0.25) is 9.59 Å². The van der Waals surface area contributed by atoms with E-state index in [0.717, 1.165) is 12.1 Å². The topological polar surface area (TPSA) is 70.7 Å². The van der Waals surface area contributed by atoms with Crippen molar-refractivity contribution in [3.8, 4) is 5.75 Å². The van der Waals surface area contributed by atoms with Gasteiger partial charge in [0.05, 0.1) is 5.56 Å². The number of rotatable bonds is 5. The summed E-state index contributed by atoms with van der Waals surface area (Å²) in [5.74, 6) is 0.314. The van der Waals surface area contributed by atoms with Crippen LogP contribution in [0.1, 0.15) is 46.0 Å². The van der Waals surface area contributed by atoms with Crippen molar-refractivity contribution in [2.75, 3.05) is 34.2 Å². The first-order chi connectivity index (χ1) is 10.8. The van der Waals surface area contributed by atoms with E-state index in [1.165, 1.54) is 0 Å². The highest BCUT2D eigenvalue weighted by atomic mass is 16.5. The van der Waals surface area contributed by atoms with Gasteiger partial charge in [0.2, 0.25) is 0 Å². The van der Waals surface area contributed by atoms with Crippen LogP contribution in [0, 0.1) is 0 Å². The molecule has 2 atom stereocenters. The number of benzene rings is 1. The van der Waals surface area contributed by atoms with Crippen molar-refractivity contribution in [3.05, 3.63) is 28.8 Å². The van der Waals surface area contributed by atoms with Gasteiger partial charge in [-0.15, -0.1) is 0 Å². The smallest absolute Gasteiger partial charge is 0.254 e. The molecule has 0 spiro atoms. The molecule has 0 bridgehead atoms. The number of carbonyl (C=O) groups excluding carboxylic acids is 2. The third-order valence-corrected chi connectivity index (χ3v) is 4.19. The zero-order valence-corrected chi connectivity index (χ0v) is 14.4. The number of fused-ring (bicyclic) bond motifs is 1. The molecule has 0 aromatic heterocycles. The highest BCUT2D eigenvalue weighted by Gasteiger charge is 2.32. The summed E-state index contributed by atoms with van der Waals surface area (Å²) in [5.41, 5.74) is 1.82. The third kappa shape index (κ3) is 3.64. The van der Waals surface area contributed by atoms with Gasteiger partial charge in [-0.05, 0) is 33.2 Å². The van der Waals surface area contributed by atoms with Gasteiger partial charge >= 0.3 is 0 Å². The van der Waals surface area contributed by atoms with Crippen molar-refractivity contribution < 1.29 is 14.3 Å². The fraction of sp³-hybridized carbons (Fsp3) is 0.529. The van der Waals surface area contributed by atoms with Crippen molar-refractivity contribution in [3.63, 3.8) is 0 Å². The van der Waals surface area contributed by atoms with Crippen LogP contribution in [0.4, 0.5) is 0 Å². The molecule has 1 aromatic carbocycles. The fourth-order valence-electron chi connectivity index (χ4n) is 2.59. The van der Waals surface area contributed by atoms with E-state index < -0.39 is 0 Å². The summed E-state index contributed by atoms with van der Waals surface area (Å²) in [6.45, 7) is 5.32. The molecule has 0 saturated carbocycles. The van der Waals surface area contributed by atoms with Gasteiger partial charge in [-0.1, -0.05) is 6.92 Å². The number of amides is 2. The lowest BCUT2D eigenvalue weighted by Crippen LogP contribution is -2.31. The molecule has 1 aromatic rings. The zero-order chi connectivity index (χ0) is 17.1. The number of nitrogens with one attached hydrogen (secondary N) is 2. The quantitative estimate of drug-likeness (QED) is 0.856. The van der Waals surface area contributed by atoms with Crippen molar-refractivity contribution in [2.45, 2.75) is 25.9 Å². The summed E-state index contributed by atoms with van der Waals surface area (Å²) in [7, 11) is 5.47. The Labute approximate surface area is 137 Å². The molecular weight excluding hydrogens is 294 g/mol. The minimum Gasteiger partial charge on any atom is -0.489 e. The molecule has 1 aliphatic heterocycles. The Morgan fingerprint density at radius 3 is 2.52 bits per heavy atom. The Hall–Kier alpha value is -2.08. The number of hydrogen-bond acceptors (Lipinski definition) is 4. The molecule has 2 rings (SSSR count). The lowest BCUT2D eigenvalue weighted by molar-refractivity contribution is 0.0951. The average molecular weight is 319 g/mol. The van der Waals surface area contributed by atoms with Gasteiger partial charge in [0.15, 0.2) is 0 Å². The van der Waals surface area contributed by atoms with E-state index in [2.05, 4.69) is 10.6 Å². The minimum absolute atomic E-state index is 0.0135. The molecule has 1 aliphatic rings. The number of hydrogen-bond donors (Lipinski definition) is 2.